The van der Waals surface area contributed by atoms with Gasteiger partial charge in [-0.3, -0.25) is 0 Å². The SMILES string of the molecule is CC(C)(C)c1ccc(-c2[c-]cccc2)nc1.[2H]C([2H])([2H])c1cnc(-c2[c-]ccc3c2oc2c3ccc3ccc4ccccc4c32)cc1C([2H])([2H])C(C)(C)C.[Ir]. The predicted octanol–water partition coefficient (Wildman–Crippen LogP) is 12.5. The van der Waals surface area contributed by atoms with Gasteiger partial charge in [-0.1, -0.05) is 125 Å². The molecule has 3 nitrogen and oxygen atoms in total. The zero-order chi connectivity index (χ0) is 38.6. The second kappa shape index (κ2) is 13.9. The van der Waals surface area contributed by atoms with Gasteiger partial charge in [0.15, 0.2) is 0 Å². The van der Waals surface area contributed by atoms with Gasteiger partial charge in [0.25, 0.3) is 0 Å². The van der Waals surface area contributed by atoms with Crippen LogP contribution in [0.5, 0.6) is 0 Å². The van der Waals surface area contributed by atoms with E-state index >= 15 is 0 Å². The van der Waals surface area contributed by atoms with E-state index in [1.54, 1.807) is 32.9 Å². The van der Waals surface area contributed by atoms with Crippen LogP contribution in [-0.2, 0) is 31.9 Å². The van der Waals surface area contributed by atoms with Crippen molar-refractivity contribution in [2.45, 2.75) is 60.2 Å². The van der Waals surface area contributed by atoms with E-state index in [2.05, 4.69) is 91.4 Å². The second-order valence-electron chi connectivity index (χ2n) is 14.5. The summed E-state index contributed by atoms with van der Waals surface area (Å²) in [4.78, 5) is 8.97. The Hall–Kier alpha value is -4.63. The van der Waals surface area contributed by atoms with Crippen LogP contribution in [0.15, 0.2) is 120 Å². The normalized spacial score (nSPS) is 13.8. The van der Waals surface area contributed by atoms with Crippen molar-refractivity contribution in [3.63, 3.8) is 0 Å². The minimum absolute atomic E-state index is 0. The quantitative estimate of drug-likeness (QED) is 0.131. The number of furan rings is 1. The summed E-state index contributed by atoms with van der Waals surface area (Å²) in [6, 6.07) is 40.4. The van der Waals surface area contributed by atoms with Crippen molar-refractivity contribution >= 4 is 43.5 Å². The van der Waals surface area contributed by atoms with Gasteiger partial charge < -0.3 is 14.4 Å². The number of aromatic nitrogens is 2. The predicted molar refractivity (Wildman–Crippen MR) is 206 cm³/mol. The molecule has 0 aliphatic carbocycles. The first kappa shape index (κ1) is 29.1. The van der Waals surface area contributed by atoms with Gasteiger partial charge in [-0.2, -0.15) is 0 Å². The Kier molecular flexibility index (Phi) is 8.12. The monoisotopic (exact) mass is 836 g/mol. The molecule has 0 unspecified atom stereocenters. The van der Waals surface area contributed by atoms with E-state index in [4.69, 9.17) is 11.3 Å². The molecule has 253 valence electrons. The van der Waals surface area contributed by atoms with Crippen molar-refractivity contribution < 1.29 is 31.4 Å². The maximum atomic E-state index is 8.87. The van der Waals surface area contributed by atoms with Crippen molar-refractivity contribution in [1.29, 1.82) is 0 Å². The second-order valence-corrected chi connectivity index (χ2v) is 14.5. The van der Waals surface area contributed by atoms with Crippen molar-refractivity contribution in [2.75, 3.05) is 0 Å². The van der Waals surface area contributed by atoms with E-state index in [9.17, 15) is 0 Å². The topological polar surface area (TPSA) is 38.9 Å². The minimum Gasteiger partial charge on any atom is -0.500 e. The van der Waals surface area contributed by atoms with Crippen LogP contribution in [0, 0.1) is 24.4 Å². The molecule has 0 aliphatic rings. The molecule has 0 spiro atoms. The summed E-state index contributed by atoms with van der Waals surface area (Å²) in [6.45, 7) is 9.36. The van der Waals surface area contributed by atoms with Gasteiger partial charge in [0.1, 0.15) is 5.58 Å². The van der Waals surface area contributed by atoms with Gasteiger partial charge in [0.2, 0.25) is 0 Å². The van der Waals surface area contributed by atoms with Crippen LogP contribution in [0.2, 0.25) is 0 Å². The first-order valence-corrected chi connectivity index (χ1v) is 16.6. The Labute approximate surface area is 316 Å². The first-order chi connectivity index (χ1) is 25.4. The molecule has 0 atom stereocenters. The summed E-state index contributed by atoms with van der Waals surface area (Å²) in [5.74, 6) is 0. The molecule has 50 heavy (non-hydrogen) atoms. The van der Waals surface area contributed by atoms with Crippen LogP contribution < -0.4 is 0 Å². The number of hydrogen-bond donors (Lipinski definition) is 0. The number of aryl methyl sites for hydroxylation is 1. The Morgan fingerprint density at radius 2 is 1.44 bits per heavy atom. The van der Waals surface area contributed by atoms with Crippen LogP contribution in [0.3, 0.4) is 0 Å². The molecule has 0 fully saturated rings. The largest absolute Gasteiger partial charge is 0.500 e. The molecule has 3 aromatic heterocycles. The number of hydrogen-bond acceptors (Lipinski definition) is 3. The summed E-state index contributed by atoms with van der Waals surface area (Å²) in [6.07, 6.45) is 1.31. The zero-order valence-electron chi connectivity index (χ0n) is 34.1. The molecule has 0 saturated carbocycles. The molecule has 0 aliphatic heterocycles. The van der Waals surface area contributed by atoms with Crippen LogP contribution in [-0.4, -0.2) is 9.97 Å². The molecular formula is C46H42IrN2O-2. The average Bonchev–Trinajstić information content (AvgIpc) is 3.53. The first-order valence-electron chi connectivity index (χ1n) is 19.1. The molecule has 8 aromatic rings. The Balaban J connectivity index is 0.000000254. The Bertz CT molecular complexity index is 2640. The van der Waals surface area contributed by atoms with E-state index < -0.39 is 18.6 Å². The van der Waals surface area contributed by atoms with Gasteiger partial charge in [0.05, 0.1) is 5.58 Å². The minimum atomic E-state index is -2.51. The van der Waals surface area contributed by atoms with Gasteiger partial charge in [-0.15, -0.1) is 54.1 Å². The van der Waals surface area contributed by atoms with E-state index in [1.807, 2.05) is 48.7 Å². The van der Waals surface area contributed by atoms with Crippen LogP contribution in [0.4, 0.5) is 0 Å². The standard InChI is InChI=1S/C31H26NO.C15H16N.Ir/c1-19-18-32-27(16-22(19)17-31(2,3)4)26-11-7-10-24-25-15-14-21-13-12-20-8-5-6-9-23(20)28(21)30(25)33-29(24)26;1-15(2,3)13-9-10-14(16-11-13)12-7-5-4-6-8-12;/h5-10,12-16,18H,17H2,1-4H3;4-7,9-11H,1-3H3;/q2*-1;/i1D3,17D2;;. The number of fused-ring (bicyclic) bond motifs is 7. The van der Waals surface area contributed by atoms with E-state index in [0.29, 0.717) is 16.8 Å². The van der Waals surface area contributed by atoms with Crippen LogP contribution >= 0.6 is 0 Å². The fourth-order valence-electron chi connectivity index (χ4n) is 6.13. The maximum Gasteiger partial charge on any atom is 0.129 e. The van der Waals surface area contributed by atoms with Gasteiger partial charge >= 0.3 is 0 Å². The van der Waals surface area contributed by atoms with Crippen molar-refractivity contribution in [1.82, 2.24) is 9.97 Å². The molecule has 5 aromatic carbocycles. The van der Waals surface area contributed by atoms with E-state index in [1.165, 1.54) is 11.8 Å². The molecule has 4 heteroatoms. The summed E-state index contributed by atoms with van der Waals surface area (Å²) in [5, 5.41) is 6.17. The molecule has 3 heterocycles. The number of nitrogens with zero attached hydrogens (tertiary/aromatic N) is 2. The summed E-state index contributed by atoms with van der Waals surface area (Å²) in [5.41, 5.74) is 4.94. The molecule has 1 radical (unpaired) electrons. The van der Waals surface area contributed by atoms with E-state index in [-0.39, 0.29) is 36.6 Å². The van der Waals surface area contributed by atoms with Crippen molar-refractivity contribution in [2.24, 2.45) is 5.41 Å². The van der Waals surface area contributed by atoms with Crippen molar-refractivity contribution in [3.05, 3.63) is 144 Å². The van der Waals surface area contributed by atoms with Gasteiger partial charge in [-0.25, -0.2) is 0 Å². The van der Waals surface area contributed by atoms with Gasteiger partial charge in [0, 0.05) is 50.1 Å². The fourth-order valence-corrected chi connectivity index (χ4v) is 6.13. The van der Waals surface area contributed by atoms with Crippen molar-refractivity contribution in [3.8, 4) is 22.5 Å². The van der Waals surface area contributed by atoms with Gasteiger partial charge in [-0.05, 0) is 62.7 Å². The molecule has 0 amide bonds. The number of rotatable bonds is 3. The third-order valence-corrected chi connectivity index (χ3v) is 8.59. The smallest absolute Gasteiger partial charge is 0.129 e. The Morgan fingerprint density at radius 1 is 0.700 bits per heavy atom. The average molecular weight is 836 g/mol. The van der Waals surface area contributed by atoms with E-state index in [0.717, 1.165) is 49.2 Å². The zero-order valence-corrected chi connectivity index (χ0v) is 31.5. The maximum absolute atomic E-state index is 8.87. The molecular weight excluding hydrogens is 789 g/mol. The summed E-state index contributed by atoms with van der Waals surface area (Å²) >= 11 is 0. The fraction of sp³-hybridized carbons (Fsp3) is 0.217. The summed E-state index contributed by atoms with van der Waals surface area (Å²) in [7, 11) is 0. The third kappa shape index (κ3) is 7.15. The molecule has 0 bridgehead atoms. The third-order valence-electron chi connectivity index (χ3n) is 8.59. The van der Waals surface area contributed by atoms with Crippen LogP contribution in [0.25, 0.3) is 66.0 Å². The number of pyridine rings is 2. The molecule has 0 N–H and O–H groups in total. The number of benzene rings is 5. The van der Waals surface area contributed by atoms with Crippen LogP contribution in [0.1, 0.15) is 65.1 Å². The molecule has 0 saturated heterocycles. The summed E-state index contributed by atoms with van der Waals surface area (Å²) < 4.78 is 48.4. The Morgan fingerprint density at radius 3 is 2.16 bits per heavy atom. The molecule has 8 rings (SSSR count).